The van der Waals surface area contributed by atoms with Crippen LogP contribution in [0.3, 0.4) is 0 Å². The van der Waals surface area contributed by atoms with E-state index in [-0.39, 0.29) is 11.7 Å². The lowest BCUT2D eigenvalue weighted by atomic mass is 9.78. The molecule has 0 radical (unpaired) electrons. The van der Waals surface area contributed by atoms with E-state index in [0.29, 0.717) is 48.6 Å². The van der Waals surface area contributed by atoms with Gasteiger partial charge >= 0.3 is 0 Å². The summed E-state index contributed by atoms with van der Waals surface area (Å²) in [6, 6.07) is 21.2. The van der Waals surface area contributed by atoms with Crippen LogP contribution in [0.5, 0.6) is 0 Å². The van der Waals surface area contributed by atoms with Crippen LogP contribution in [0.25, 0.3) is 20.7 Å². The van der Waals surface area contributed by atoms with E-state index in [1.165, 1.54) is 6.33 Å². The maximum atomic E-state index is 14.1. The molecular weight excluding hydrogens is 579 g/mol. The minimum Gasteiger partial charge on any atom is -0.358 e. The van der Waals surface area contributed by atoms with E-state index in [0.717, 1.165) is 33.5 Å². The number of carbonyl (C=O) groups excluding carboxylic acids is 1. The van der Waals surface area contributed by atoms with Crippen LogP contribution in [0.1, 0.15) is 46.0 Å². The first kappa shape index (κ1) is 29.7. The summed E-state index contributed by atoms with van der Waals surface area (Å²) in [4.78, 5) is 29.7. The lowest BCUT2D eigenvalue weighted by molar-refractivity contribution is -0.134. The molecule has 1 aliphatic carbocycles. The summed E-state index contributed by atoms with van der Waals surface area (Å²) in [5, 5.41) is 4.31. The number of anilines is 1. The van der Waals surface area contributed by atoms with E-state index in [4.69, 9.17) is 0 Å². The number of thiophene rings is 1. The highest BCUT2D eigenvalue weighted by atomic mass is 32.2. The third-order valence-electron chi connectivity index (χ3n) is 9.31. The zero-order valence-corrected chi connectivity index (χ0v) is 26.6. The van der Waals surface area contributed by atoms with E-state index < -0.39 is 21.4 Å². The summed E-state index contributed by atoms with van der Waals surface area (Å²) >= 11 is 1.60. The quantitative estimate of drug-likeness (QED) is 0.251. The van der Waals surface area contributed by atoms with Gasteiger partial charge in [-0.05, 0) is 76.8 Å². The number of aromatic nitrogens is 2. The SMILES string of the molecule is CC(C)N(C)C1CCC(CS(=O)(=O)c2ccccc2)(N2CC[C@H](Nc3ncnc4sc(-c5ccccc5)cc34)C2=O)CC1. The number of nitrogens with zero attached hydrogens (tertiary/aromatic N) is 4. The Hall–Kier alpha value is -3.34. The number of rotatable bonds is 9. The average molecular weight is 618 g/mol. The minimum atomic E-state index is -3.61. The predicted octanol–water partition coefficient (Wildman–Crippen LogP) is 5.87. The molecule has 0 unspecified atom stereocenters. The third-order valence-corrected chi connectivity index (χ3v) is 12.3. The van der Waals surface area contributed by atoms with E-state index in [1.807, 2.05) is 29.2 Å². The van der Waals surface area contributed by atoms with E-state index in [2.05, 4.69) is 59.3 Å². The monoisotopic (exact) mass is 617 g/mol. The van der Waals surface area contributed by atoms with Gasteiger partial charge in [0.2, 0.25) is 5.91 Å². The van der Waals surface area contributed by atoms with Crippen LogP contribution in [0.15, 0.2) is 78.0 Å². The number of amides is 1. The second-order valence-corrected chi connectivity index (χ2v) is 15.2. The average Bonchev–Trinajstić information content (AvgIpc) is 3.62. The van der Waals surface area contributed by atoms with Crippen LogP contribution in [-0.4, -0.2) is 77.1 Å². The predicted molar refractivity (Wildman–Crippen MR) is 173 cm³/mol. The maximum Gasteiger partial charge on any atom is 0.245 e. The Bertz CT molecular complexity index is 1680. The third kappa shape index (κ3) is 5.92. The maximum absolute atomic E-state index is 14.1. The second kappa shape index (κ2) is 12.0. The summed E-state index contributed by atoms with van der Waals surface area (Å²) in [6.45, 7) is 4.88. The van der Waals surface area contributed by atoms with Crippen LogP contribution in [-0.2, 0) is 14.6 Å². The topological polar surface area (TPSA) is 95.5 Å². The fraction of sp³-hybridized carbons (Fsp3) is 0.424. The zero-order valence-electron chi connectivity index (χ0n) is 24.9. The van der Waals surface area contributed by atoms with Crippen molar-refractivity contribution in [1.82, 2.24) is 19.8 Å². The van der Waals surface area contributed by atoms with Gasteiger partial charge in [0.1, 0.15) is 23.0 Å². The van der Waals surface area contributed by atoms with Crippen LogP contribution >= 0.6 is 11.3 Å². The molecule has 2 aliphatic rings. The van der Waals surface area contributed by atoms with E-state index in [1.54, 1.807) is 35.6 Å². The van der Waals surface area contributed by atoms with Gasteiger partial charge in [-0.25, -0.2) is 18.4 Å². The molecule has 1 amide bonds. The molecule has 1 saturated heterocycles. The van der Waals surface area contributed by atoms with Crippen LogP contribution in [0.2, 0.25) is 0 Å². The number of fused-ring (bicyclic) bond motifs is 1. The standard InChI is InChI=1S/C33H39N5O3S2/c1-23(2)37(3)25-14-17-33(18-15-25,21-43(40,41)26-12-8-5-9-13-26)38-19-16-28(32(38)39)36-30-27-20-29(24-10-6-4-7-11-24)42-31(27)35-22-34-30/h4-13,20,22-23,25,28H,14-19,21H2,1-3H3,(H,34,35,36)/t25?,28-,33?/m0/s1. The first-order chi connectivity index (χ1) is 20.7. The Morgan fingerprint density at radius 3 is 2.37 bits per heavy atom. The Kier molecular flexibility index (Phi) is 8.28. The number of carbonyl (C=O) groups is 1. The minimum absolute atomic E-state index is 0.0517. The summed E-state index contributed by atoms with van der Waals surface area (Å²) in [5.41, 5.74) is 0.361. The fourth-order valence-corrected chi connectivity index (χ4v) is 9.59. The number of sulfone groups is 1. The lowest BCUT2D eigenvalue weighted by Gasteiger charge is -2.48. The number of benzene rings is 2. The molecule has 2 fully saturated rings. The molecule has 0 bridgehead atoms. The van der Waals surface area contributed by atoms with Gasteiger partial charge in [0.25, 0.3) is 0 Å². The Morgan fingerprint density at radius 1 is 1.02 bits per heavy atom. The van der Waals surface area contributed by atoms with Crippen molar-refractivity contribution in [3.8, 4) is 10.4 Å². The molecule has 1 N–H and O–H groups in total. The highest BCUT2D eigenvalue weighted by molar-refractivity contribution is 7.91. The van der Waals surface area contributed by atoms with Gasteiger partial charge in [-0.3, -0.25) is 4.79 Å². The smallest absolute Gasteiger partial charge is 0.245 e. The van der Waals surface area contributed by atoms with Crippen molar-refractivity contribution in [3.05, 3.63) is 73.1 Å². The van der Waals surface area contributed by atoms with Crippen molar-refractivity contribution >= 4 is 43.1 Å². The van der Waals surface area contributed by atoms with Gasteiger partial charge in [0.05, 0.1) is 21.6 Å². The molecule has 1 saturated carbocycles. The van der Waals surface area contributed by atoms with Crippen LogP contribution < -0.4 is 5.32 Å². The van der Waals surface area contributed by atoms with Crippen molar-refractivity contribution in [2.24, 2.45) is 0 Å². The van der Waals surface area contributed by atoms with E-state index in [9.17, 15) is 13.2 Å². The van der Waals surface area contributed by atoms with Gasteiger partial charge in [0, 0.05) is 23.5 Å². The molecule has 0 spiro atoms. The van der Waals surface area contributed by atoms with Gasteiger partial charge in [0.15, 0.2) is 9.84 Å². The number of nitrogens with one attached hydrogen (secondary N) is 1. The van der Waals surface area contributed by atoms with Gasteiger partial charge in [-0.1, -0.05) is 48.5 Å². The highest BCUT2D eigenvalue weighted by Crippen LogP contribution is 2.41. The largest absolute Gasteiger partial charge is 0.358 e. The Balaban J connectivity index is 1.26. The molecule has 2 aromatic carbocycles. The normalized spacial score (nSPS) is 23.0. The van der Waals surface area contributed by atoms with Crippen LogP contribution in [0.4, 0.5) is 5.82 Å². The van der Waals surface area contributed by atoms with Crippen molar-refractivity contribution in [1.29, 1.82) is 0 Å². The molecule has 43 heavy (non-hydrogen) atoms. The number of likely N-dealkylation sites (tertiary alicyclic amines) is 1. The summed E-state index contributed by atoms with van der Waals surface area (Å²) in [7, 11) is -1.47. The van der Waals surface area contributed by atoms with Crippen molar-refractivity contribution < 1.29 is 13.2 Å². The van der Waals surface area contributed by atoms with Crippen LogP contribution in [0, 0.1) is 0 Å². The van der Waals surface area contributed by atoms with Crippen molar-refractivity contribution in [2.75, 3.05) is 24.7 Å². The highest BCUT2D eigenvalue weighted by Gasteiger charge is 2.50. The molecular formula is C33H39N5O3S2. The number of hydrogen-bond donors (Lipinski definition) is 1. The lowest BCUT2D eigenvalue weighted by Crippen LogP contribution is -2.58. The summed E-state index contributed by atoms with van der Waals surface area (Å²) in [6.07, 6.45) is 5.13. The first-order valence-corrected chi connectivity index (χ1v) is 17.5. The molecule has 1 aliphatic heterocycles. The summed E-state index contributed by atoms with van der Waals surface area (Å²) < 4.78 is 27.5. The Labute approximate surface area is 258 Å². The van der Waals surface area contributed by atoms with Crippen molar-refractivity contribution in [2.45, 2.75) is 74.5 Å². The van der Waals surface area contributed by atoms with Gasteiger partial charge in [-0.15, -0.1) is 11.3 Å². The number of hydrogen-bond acceptors (Lipinski definition) is 8. The molecule has 6 rings (SSSR count). The molecule has 4 aromatic rings. The molecule has 10 heteroatoms. The summed E-state index contributed by atoms with van der Waals surface area (Å²) in [5.74, 6) is 0.518. The fourth-order valence-electron chi connectivity index (χ4n) is 6.69. The molecule has 1 atom stereocenters. The Morgan fingerprint density at radius 2 is 1.70 bits per heavy atom. The molecule has 226 valence electrons. The van der Waals surface area contributed by atoms with Crippen molar-refractivity contribution in [3.63, 3.8) is 0 Å². The first-order valence-electron chi connectivity index (χ1n) is 15.0. The van der Waals surface area contributed by atoms with Gasteiger partial charge < -0.3 is 15.1 Å². The zero-order chi connectivity index (χ0) is 30.2. The van der Waals surface area contributed by atoms with E-state index >= 15 is 0 Å². The molecule has 8 nitrogen and oxygen atoms in total. The molecule has 2 aromatic heterocycles. The second-order valence-electron chi connectivity index (χ2n) is 12.2. The van der Waals surface area contributed by atoms with Gasteiger partial charge in [-0.2, -0.15) is 0 Å². The molecule has 3 heterocycles.